The minimum atomic E-state index is -0.279. The summed E-state index contributed by atoms with van der Waals surface area (Å²) in [7, 11) is 3.15. The molecule has 0 saturated carbocycles. The molecule has 1 heterocycles. The molecule has 142 valence electrons. The van der Waals surface area contributed by atoms with E-state index in [2.05, 4.69) is 15.3 Å². The van der Waals surface area contributed by atoms with Gasteiger partial charge in [0.25, 0.3) is 0 Å². The van der Waals surface area contributed by atoms with Crippen LogP contribution in [0.4, 0.5) is 5.69 Å². The van der Waals surface area contributed by atoms with E-state index in [9.17, 15) is 4.79 Å². The topological polar surface area (TPSA) is 82.6 Å². The molecule has 3 rings (SSSR count). The predicted molar refractivity (Wildman–Crippen MR) is 106 cm³/mol. The molecule has 7 heteroatoms. The van der Waals surface area contributed by atoms with Crippen molar-refractivity contribution in [3.63, 3.8) is 0 Å². The van der Waals surface area contributed by atoms with Crippen LogP contribution in [-0.2, 0) is 4.79 Å². The maximum absolute atomic E-state index is 12.2. The van der Waals surface area contributed by atoms with E-state index in [0.29, 0.717) is 28.8 Å². The lowest BCUT2D eigenvalue weighted by Gasteiger charge is -2.07. The summed E-state index contributed by atoms with van der Waals surface area (Å²) in [5, 5.41) is 2.79. The van der Waals surface area contributed by atoms with Gasteiger partial charge in [-0.05, 0) is 35.9 Å². The van der Waals surface area contributed by atoms with Crippen LogP contribution in [0.1, 0.15) is 5.56 Å². The fraction of sp³-hybridized carbons (Fsp3) is 0.0952. The maximum atomic E-state index is 12.2. The third-order valence-corrected chi connectivity index (χ3v) is 3.66. The highest BCUT2D eigenvalue weighted by molar-refractivity contribution is 6.02. The van der Waals surface area contributed by atoms with E-state index in [-0.39, 0.29) is 5.91 Å². The fourth-order valence-electron chi connectivity index (χ4n) is 2.38. The molecule has 1 aromatic heterocycles. The number of amides is 1. The average molecular weight is 377 g/mol. The molecular formula is C21H19N3O4. The molecule has 0 spiro atoms. The number of rotatable bonds is 7. The van der Waals surface area contributed by atoms with E-state index in [4.69, 9.17) is 14.2 Å². The lowest BCUT2D eigenvalue weighted by Crippen LogP contribution is -2.07. The standard InChI is InChI=1S/C21H19N3O4/c1-26-18-10-15(11-19(13-18)27-2)6-7-20(25)24-16-4-3-5-17(12-16)28-21-14-22-8-9-23-21/h3-14H,1-2H3,(H,24,25)/b7-6+. The third kappa shape index (κ3) is 5.31. The van der Waals surface area contributed by atoms with Crippen molar-refractivity contribution in [3.05, 3.63) is 72.7 Å². The largest absolute Gasteiger partial charge is 0.497 e. The van der Waals surface area contributed by atoms with E-state index < -0.39 is 0 Å². The number of anilines is 1. The minimum Gasteiger partial charge on any atom is -0.497 e. The van der Waals surface area contributed by atoms with Gasteiger partial charge in [0.1, 0.15) is 17.2 Å². The second-order valence-corrected chi connectivity index (χ2v) is 5.64. The molecule has 0 radical (unpaired) electrons. The van der Waals surface area contributed by atoms with Gasteiger partial charge >= 0.3 is 0 Å². The number of methoxy groups -OCH3 is 2. The van der Waals surface area contributed by atoms with Crippen LogP contribution in [0.3, 0.4) is 0 Å². The fourth-order valence-corrected chi connectivity index (χ4v) is 2.38. The Morgan fingerprint density at radius 1 is 1.00 bits per heavy atom. The van der Waals surface area contributed by atoms with Gasteiger partial charge in [-0.2, -0.15) is 0 Å². The molecule has 0 aliphatic rings. The number of carbonyl (C=O) groups excluding carboxylic acids is 1. The van der Waals surface area contributed by atoms with Gasteiger partial charge in [0.05, 0.1) is 20.4 Å². The number of aromatic nitrogens is 2. The van der Waals surface area contributed by atoms with Crippen molar-refractivity contribution >= 4 is 17.7 Å². The number of ether oxygens (including phenoxy) is 3. The highest BCUT2D eigenvalue weighted by atomic mass is 16.5. The number of carbonyl (C=O) groups is 1. The molecule has 0 aliphatic carbocycles. The molecular weight excluding hydrogens is 358 g/mol. The molecule has 1 N–H and O–H groups in total. The highest BCUT2D eigenvalue weighted by Crippen LogP contribution is 2.24. The molecule has 0 saturated heterocycles. The normalized spacial score (nSPS) is 10.5. The second-order valence-electron chi connectivity index (χ2n) is 5.64. The predicted octanol–water partition coefficient (Wildman–Crippen LogP) is 3.94. The first-order chi connectivity index (χ1) is 13.7. The summed E-state index contributed by atoms with van der Waals surface area (Å²) in [5.41, 5.74) is 1.38. The van der Waals surface area contributed by atoms with Gasteiger partial charge in [0.2, 0.25) is 11.8 Å². The van der Waals surface area contributed by atoms with Gasteiger partial charge in [0, 0.05) is 36.3 Å². The molecule has 3 aromatic rings. The Morgan fingerprint density at radius 2 is 1.79 bits per heavy atom. The molecule has 0 atom stereocenters. The van der Waals surface area contributed by atoms with Gasteiger partial charge in [-0.1, -0.05) is 6.07 Å². The second kappa shape index (κ2) is 9.18. The van der Waals surface area contributed by atoms with Crippen molar-refractivity contribution in [2.45, 2.75) is 0 Å². The minimum absolute atomic E-state index is 0.279. The van der Waals surface area contributed by atoms with E-state index in [1.54, 1.807) is 63.0 Å². The Kier molecular flexibility index (Phi) is 6.20. The van der Waals surface area contributed by atoms with Gasteiger partial charge in [0.15, 0.2) is 0 Å². The zero-order chi connectivity index (χ0) is 19.8. The summed E-state index contributed by atoms with van der Waals surface area (Å²) in [6.07, 6.45) is 7.73. The molecule has 0 fully saturated rings. The summed E-state index contributed by atoms with van der Waals surface area (Å²) in [5.74, 6) is 1.93. The van der Waals surface area contributed by atoms with Crippen LogP contribution in [0, 0.1) is 0 Å². The molecule has 0 unspecified atom stereocenters. The van der Waals surface area contributed by atoms with Crippen LogP contribution < -0.4 is 19.5 Å². The monoisotopic (exact) mass is 377 g/mol. The SMILES string of the molecule is COc1cc(/C=C/C(=O)Nc2cccc(Oc3cnccn3)c2)cc(OC)c1. The van der Waals surface area contributed by atoms with E-state index >= 15 is 0 Å². The molecule has 0 bridgehead atoms. The first-order valence-electron chi connectivity index (χ1n) is 8.42. The molecule has 28 heavy (non-hydrogen) atoms. The van der Waals surface area contributed by atoms with Gasteiger partial charge in [-0.15, -0.1) is 0 Å². The number of nitrogens with zero attached hydrogens (tertiary/aromatic N) is 2. The molecule has 0 aliphatic heterocycles. The Bertz CT molecular complexity index is 952. The lowest BCUT2D eigenvalue weighted by atomic mass is 10.2. The summed E-state index contributed by atoms with van der Waals surface area (Å²) < 4.78 is 16.1. The first-order valence-corrected chi connectivity index (χ1v) is 8.42. The van der Waals surface area contributed by atoms with Gasteiger partial charge in [-0.25, -0.2) is 4.98 Å². The quantitative estimate of drug-likeness (QED) is 0.628. The van der Waals surface area contributed by atoms with Gasteiger partial charge < -0.3 is 19.5 Å². The Labute approximate surface area is 162 Å². The smallest absolute Gasteiger partial charge is 0.248 e. The average Bonchev–Trinajstić information content (AvgIpc) is 2.73. The Morgan fingerprint density at radius 3 is 2.46 bits per heavy atom. The van der Waals surface area contributed by atoms with E-state index in [0.717, 1.165) is 5.56 Å². The maximum Gasteiger partial charge on any atom is 0.248 e. The van der Waals surface area contributed by atoms with Crippen molar-refractivity contribution in [1.82, 2.24) is 9.97 Å². The van der Waals surface area contributed by atoms with Crippen molar-refractivity contribution in [1.29, 1.82) is 0 Å². The number of benzene rings is 2. The van der Waals surface area contributed by atoms with E-state index in [1.807, 2.05) is 12.1 Å². The van der Waals surface area contributed by atoms with Gasteiger partial charge in [-0.3, -0.25) is 9.78 Å². The first kappa shape index (κ1) is 18.9. The van der Waals surface area contributed by atoms with Crippen LogP contribution in [0.15, 0.2) is 67.1 Å². The van der Waals surface area contributed by atoms with Crippen molar-refractivity contribution in [2.24, 2.45) is 0 Å². The Balaban J connectivity index is 1.66. The molecule has 1 amide bonds. The van der Waals surface area contributed by atoms with Crippen LogP contribution in [0.2, 0.25) is 0 Å². The number of hydrogen-bond donors (Lipinski definition) is 1. The van der Waals surface area contributed by atoms with Crippen LogP contribution in [-0.4, -0.2) is 30.1 Å². The third-order valence-electron chi connectivity index (χ3n) is 3.66. The number of hydrogen-bond acceptors (Lipinski definition) is 6. The Hall–Kier alpha value is -3.87. The van der Waals surface area contributed by atoms with Crippen molar-refractivity contribution < 1.29 is 19.0 Å². The summed E-state index contributed by atoms with van der Waals surface area (Å²) in [6, 6.07) is 12.4. The summed E-state index contributed by atoms with van der Waals surface area (Å²) in [6.45, 7) is 0. The van der Waals surface area contributed by atoms with Crippen molar-refractivity contribution in [3.8, 4) is 23.1 Å². The number of nitrogens with one attached hydrogen (secondary N) is 1. The molecule has 7 nitrogen and oxygen atoms in total. The van der Waals surface area contributed by atoms with Crippen LogP contribution >= 0.6 is 0 Å². The summed E-state index contributed by atoms with van der Waals surface area (Å²) >= 11 is 0. The molecule has 2 aromatic carbocycles. The van der Waals surface area contributed by atoms with Crippen LogP contribution in [0.25, 0.3) is 6.08 Å². The van der Waals surface area contributed by atoms with Crippen LogP contribution in [0.5, 0.6) is 23.1 Å². The zero-order valence-corrected chi connectivity index (χ0v) is 15.5. The van der Waals surface area contributed by atoms with Crippen molar-refractivity contribution in [2.75, 3.05) is 19.5 Å². The highest BCUT2D eigenvalue weighted by Gasteiger charge is 2.04. The van der Waals surface area contributed by atoms with E-state index in [1.165, 1.54) is 12.3 Å². The zero-order valence-electron chi connectivity index (χ0n) is 15.5. The summed E-state index contributed by atoms with van der Waals surface area (Å²) in [4.78, 5) is 20.2. The lowest BCUT2D eigenvalue weighted by molar-refractivity contribution is -0.111.